The minimum Gasteiger partial charge on any atom is -0.382 e. The summed E-state index contributed by atoms with van der Waals surface area (Å²) in [6, 6.07) is 9.12. The van der Waals surface area contributed by atoms with Crippen molar-refractivity contribution in [1.82, 2.24) is 4.98 Å². The zero-order chi connectivity index (χ0) is 17.9. The van der Waals surface area contributed by atoms with Crippen molar-refractivity contribution < 1.29 is 27.5 Å². The van der Waals surface area contributed by atoms with Gasteiger partial charge in [0, 0.05) is 11.9 Å². The molecule has 2 aromatic rings. The molecule has 0 radical (unpaired) electrons. The summed E-state index contributed by atoms with van der Waals surface area (Å²) >= 11 is 0. The number of alkyl halides is 4. The van der Waals surface area contributed by atoms with Crippen LogP contribution in [0.2, 0.25) is 0 Å². The first-order chi connectivity index (χ1) is 11.2. The number of halogens is 4. The number of hydrogen-bond donors (Lipinski definition) is 2. The van der Waals surface area contributed by atoms with E-state index < -0.39 is 24.4 Å². The van der Waals surface area contributed by atoms with E-state index in [0.717, 1.165) is 0 Å². The van der Waals surface area contributed by atoms with Crippen LogP contribution in [0.25, 0.3) is 0 Å². The zero-order valence-electron chi connectivity index (χ0n) is 12.5. The van der Waals surface area contributed by atoms with Gasteiger partial charge in [0.15, 0.2) is 0 Å². The van der Waals surface area contributed by atoms with Gasteiger partial charge in [0.25, 0.3) is 0 Å². The average molecular weight is 342 g/mol. The molecule has 0 aliphatic rings. The Morgan fingerprint density at radius 1 is 1.25 bits per heavy atom. The topological polar surface area (TPSA) is 62.2 Å². The largest absolute Gasteiger partial charge is 0.383 e. The van der Waals surface area contributed by atoms with Gasteiger partial charge in [-0.25, -0.2) is 8.78 Å². The van der Waals surface area contributed by atoms with Gasteiger partial charge in [-0.1, -0.05) is 18.2 Å². The van der Waals surface area contributed by atoms with Crippen LogP contribution in [0.1, 0.15) is 22.9 Å². The lowest BCUT2D eigenvalue weighted by Crippen LogP contribution is -2.41. The van der Waals surface area contributed by atoms with Gasteiger partial charge >= 0.3 is 18.3 Å². The molecule has 1 aromatic carbocycles. The molecule has 0 fully saturated rings. The number of hydrogen-bond acceptors (Lipinski definition) is 3. The molecule has 0 bridgehead atoms. The molecule has 24 heavy (non-hydrogen) atoms. The van der Waals surface area contributed by atoms with Crippen LogP contribution in [0, 0.1) is 6.92 Å². The first-order valence-corrected chi connectivity index (χ1v) is 6.90. The molecule has 1 heterocycles. The molecule has 1 unspecified atom stereocenters. The minimum absolute atomic E-state index is 0.0900. The predicted molar refractivity (Wildman–Crippen MR) is 79.1 cm³/mol. The normalized spacial score (nSPS) is 13.0. The fourth-order valence-corrected chi connectivity index (χ4v) is 1.96. The molecule has 128 valence electrons. The molecule has 0 saturated heterocycles. The second-order valence-corrected chi connectivity index (χ2v) is 5.11. The summed E-state index contributed by atoms with van der Waals surface area (Å²) in [5.41, 5.74) is 0.879. The van der Waals surface area contributed by atoms with E-state index in [1.807, 2.05) is 0 Å². The van der Waals surface area contributed by atoms with Gasteiger partial charge in [0.2, 0.25) is 0 Å². The Balaban J connectivity index is 2.28. The van der Waals surface area contributed by atoms with Crippen LogP contribution >= 0.6 is 0 Å². The summed E-state index contributed by atoms with van der Waals surface area (Å²) in [6.45, 7) is 1.51. The molecular weight excluding hydrogens is 328 g/mol. The molecule has 2 N–H and O–H groups in total. The number of anilines is 1. The molecule has 2 rings (SSSR count). The fourth-order valence-electron chi connectivity index (χ4n) is 1.96. The number of rotatable bonds is 5. The molecule has 0 saturated carbocycles. The maximum absolute atomic E-state index is 13.1. The van der Waals surface area contributed by atoms with Crippen LogP contribution in [-0.4, -0.2) is 28.3 Å². The van der Waals surface area contributed by atoms with Crippen LogP contribution in [0.3, 0.4) is 0 Å². The molecular formula is C16H14F4N2O2. The standard InChI is InChI=1S/C16H14F4N2O2/c1-9-5-6-10(13(23)11-4-2-3-7-21-11)8-12(9)22-15(24)16(19,20)14(17)18/h2-8,13-14,23H,1H3,(H,22,24). The van der Waals surface area contributed by atoms with Crippen molar-refractivity contribution >= 4 is 11.6 Å². The van der Waals surface area contributed by atoms with Gasteiger partial charge in [-0.2, -0.15) is 8.78 Å². The lowest BCUT2D eigenvalue weighted by atomic mass is 10.0. The van der Waals surface area contributed by atoms with Gasteiger partial charge in [0.1, 0.15) is 6.10 Å². The van der Waals surface area contributed by atoms with Crippen LogP contribution in [0.4, 0.5) is 23.2 Å². The molecule has 8 heteroatoms. The second-order valence-electron chi connectivity index (χ2n) is 5.11. The minimum atomic E-state index is -4.80. The van der Waals surface area contributed by atoms with Crippen molar-refractivity contribution in [2.75, 3.05) is 5.32 Å². The van der Waals surface area contributed by atoms with E-state index >= 15 is 0 Å². The molecule has 4 nitrogen and oxygen atoms in total. The van der Waals surface area contributed by atoms with E-state index in [0.29, 0.717) is 11.3 Å². The first-order valence-electron chi connectivity index (χ1n) is 6.90. The molecule has 0 aliphatic heterocycles. The van der Waals surface area contributed by atoms with E-state index in [1.54, 1.807) is 23.5 Å². The number of benzene rings is 1. The van der Waals surface area contributed by atoms with Crippen molar-refractivity contribution in [1.29, 1.82) is 0 Å². The van der Waals surface area contributed by atoms with E-state index in [-0.39, 0.29) is 11.3 Å². The molecule has 1 atom stereocenters. The fraction of sp³-hybridized carbons (Fsp3) is 0.250. The van der Waals surface area contributed by atoms with Crippen LogP contribution < -0.4 is 5.32 Å². The smallest absolute Gasteiger partial charge is 0.382 e. The summed E-state index contributed by atoms with van der Waals surface area (Å²) < 4.78 is 50.6. The highest BCUT2D eigenvalue weighted by molar-refractivity contribution is 5.97. The summed E-state index contributed by atoms with van der Waals surface area (Å²) in [6.07, 6.45) is -3.79. The number of amides is 1. The Morgan fingerprint density at radius 3 is 2.54 bits per heavy atom. The monoisotopic (exact) mass is 342 g/mol. The van der Waals surface area contributed by atoms with Crippen molar-refractivity contribution in [3.63, 3.8) is 0 Å². The number of nitrogens with one attached hydrogen (secondary N) is 1. The Morgan fingerprint density at radius 2 is 1.96 bits per heavy atom. The van der Waals surface area contributed by atoms with Gasteiger partial charge in [-0.15, -0.1) is 0 Å². The SMILES string of the molecule is Cc1ccc(C(O)c2ccccn2)cc1NC(=O)C(F)(F)C(F)F. The number of aryl methyl sites for hydroxylation is 1. The summed E-state index contributed by atoms with van der Waals surface area (Å²) in [5, 5.41) is 12.0. The Hall–Kier alpha value is -2.48. The van der Waals surface area contributed by atoms with Crippen LogP contribution in [0.15, 0.2) is 42.6 Å². The summed E-state index contributed by atoms with van der Waals surface area (Å²) in [5.74, 6) is -6.91. The number of aromatic nitrogens is 1. The van der Waals surface area contributed by atoms with Crippen molar-refractivity contribution in [2.24, 2.45) is 0 Å². The third-order valence-corrected chi connectivity index (χ3v) is 3.37. The molecule has 0 aliphatic carbocycles. The summed E-state index contributed by atoms with van der Waals surface area (Å²) in [4.78, 5) is 15.3. The van der Waals surface area contributed by atoms with E-state index in [2.05, 4.69) is 4.98 Å². The maximum atomic E-state index is 13.1. The second kappa shape index (κ2) is 6.96. The number of nitrogens with zero attached hydrogens (tertiary/aromatic N) is 1. The Bertz CT molecular complexity index is 723. The van der Waals surface area contributed by atoms with Crippen LogP contribution in [0.5, 0.6) is 0 Å². The van der Waals surface area contributed by atoms with Gasteiger partial charge in [-0.05, 0) is 36.2 Å². The molecule has 0 spiro atoms. The average Bonchev–Trinajstić information content (AvgIpc) is 2.56. The van der Waals surface area contributed by atoms with Crippen molar-refractivity contribution in [3.8, 4) is 0 Å². The first kappa shape index (κ1) is 17.9. The number of aliphatic hydroxyl groups excluding tert-OH is 1. The quantitative estimate of drug-likeness (QED) is 0.820. The van der Waals surface area contributed by atoms with Crippen molar-refractivity contribution in [3.05, 3.63) is 59.4 Å². The highest BCUT2D eigenvalue weighted by atomic mass is 19.3. The summed E-state index contributed by atoms with van der Waals surface area (Å²) in [7, 11) is 0. The number of aliphatic hydroxyl groups is 1. The molecule has 1 amide bonds. The highest BCUT2D eigenvalue weighted by Crippen LogP contribution is 2.28. The van der Waals surface area contributed by atoms with Gasteiger partial charge in [-0.3, -0.25) is 9.78 Å². The predicted octanol–water partition coefficient (Wildman–Crippen LogP) is 3.31. The third-order valence-electron chi connectivity index (χ3n) is 3.37. The van der Waals surface area contributed by atoms with Gasteiger partial charge < -0.3 is 10.4 Å². The van der Waals surface area contributed by atoms with Crippen molar-refractivity contribution in [2.45, 2.75) is 25.4 Å². The number of pyridine rings is 1. The Kier molecular flexibility index (Phi) is 5.18. The number of carbonyl (C=O) groups is 1. The molecule has 1 aromatic heterocycles. The van der Waals surface area contributed by atoms with E-state index in [1.165, 1.54) is 31.3 Å². The van der Waals surface area contributed by atoms with Crippen LogP contribution in [-0.2, 0) is 4.79 Å². The lowest BCUT2D eigenvalue weighted by molar-refractivity contribution is -0.163. The third kappa shape index (κ3) is 3.70. The number of carbonyl (C=O) groups excluding carboxylic acids is 1. The Labute approximate surface area is 135 Å². The van der Waals surface area contributed by atoms with E-state index in [9.17, 15) is 27.5 Å². The van der Waals surface area contributed by atoms with Gasteiger partial charge in [0.05, 0.1) is 5.69 Å². The lowest BCUT2D eigenvalue weighted by Gasteiger charge is -2.18. The van der Waals surface area contributed by atoms with E-state index in [4.69, 9.17) is 0 Å². The highest BCUT2D eigenvalue weighted by Gasteiger charge is 2.49. The maximum Gasteiger partial charge on any atom is 0.383 e. The zero-order valence-corrected chi connectivity index (χ0v) is 12.5.